The summed E-state index contributed by atoms with van der Waals surface area (Å²) < 4.78 is 10.5. The first-order chi connectivity index (χ1) is 18.1. The van der Waals surface area contributed by atoms with Crippen molar-refractivity contribution in [2.24, 2.45) is 0 Å². The van der Waals surface area contributed by atoms with E-state index in [-0.39, 0.29) is 24.4 Å². The molecule has 0 aliphatic carbocycles. The van der Waals surface area contributed by atoms with Gasteiger partial charge in [0.2, 0.25) is 5.91 Å². The van der Waals surface area contributed by atoms with Crippen LogP contribution >= 0.6 is 0 Å². The summed E-state index contributed by atoms with van der Waals surface area (Å²) in [4.78, 5) is 25.9. The van der Waals surface area contributed by atoms with Gasteiger partial charge in [-0.2, -0.15) is 0 Å². The number of ether oxygens (including phenoxy) is 2. The van der Waals surface area contributed by atoms with E-state index in [1.54, 1.807) is 32.4 Å². The van der Waals surface area contributed by atoms with Gasteiger partial charge in [-0.25, -0.2) is 0 Å². The molecule has 0 aromatic heterocycles. The van der Waals surface area contributed by atoms with Gasteiger partial charge >= 0.3 is 0 Å². The molecule has 7 nitrogen and oxygen atoms in total. The molecule has 0 saturated heterocycles. The molecule has 3 N–H and O–H groups in total. The normalized spacial score (nSPS) is 10.5. The summed E-state index contributed by atoms with van der Waals surface area (Å²) in [5, 5.41) is 9.09. The standard InChI is InChI=1S/C30H29N3O4/c1-36-24-16-12-21(13-17-24)29(22-14-18-25(37-2)19-15-22)33-28(34)20-31-27-11-7-6-10-26(27)30(35)32-23-8-4-3-5-9-23/h3-19,29,31H,20H2,1-2H3,(H,32,35)(H,33,34). The maximum Gasteiger partial charge on any atom is 0.257 e. The summed E-state index contributed by atoms with van der Waals surface area (Å²) in [6.07, 6.45) is 0. The zero-order valence-electron chi connectivity index (χ0n) is 20.7. The van der Waals surface area contributed by atoms with Crippen molar-refractivity contribution in [2.75, 3.05) is 31.4 Å². The first-order valence-corrected chi connectivity index (χ1v) is 11.8. The lowest BCUT2D eigenvalue weighted by atomic mass is 9.98. The summed E-state index contributed by atoms with van der Waals surface area (Å²) in [5.41, 5.74) is 3.52. The number of methoxy groups -OCH3 is 2. The predicted octanol–water partition coefficient (Wildman–Crippen LogP) is 5.27. The fraction of sp³-hybridized carbons (Fsp3) is 0.133. The Morgan fingerprint density at radius 2 is 1.24 bits per heavy atom. The molecule has 188 valence electrons. The van der Waals surface area contributed by atoms with Crippen molar-refractivity contribution in [3.63, 3.8) is 0 Å². The smallest absolute Gasteiger partial charge is 0.257 e. The highest BCUT2D eigenvalue weighted by molar-refractivity contribution is 6.08. The minimum atomic E-state index is -0.386. The molecule has 0 radical (unpaired) electrons. The molecule has 0 saturated carbocycles. The number of hydrogen-bond acceptors (Lipinski definition) is 5. The highest BCUT2D eigenvalue weighted by Gasteiger charge is 2.18. The van der Waals surface area contributed by atoms with E-state index in [1.165, 1.54) is 0 Å². The van der Waals surface area contributed by atoms with Gasteiger partial charge in [0.05, 0.1) is 32.4 Å². The lowest BCUT2D eigenvalue weighted by molar-refractivity contribution is -0.119. The molecule has 0 fully saturated rings. The Morgan fingerprint density at radius 1 is 0.703 bits per heavy atom. The monoisotopic (exact) mass is 495 g/mol. The van der Waals surface area contributed by atoms with Gasteiger partial charge in [0.15, 0.2) is 0 Å². The second-order valence-corrected chi connectivity index (χ2v) is 8.27. The van der Waals surface area contributed by atoms with E-state index < -0.39 is 0 Å². The number of nitrogens with one attached hydrogen (secondary N) is 3. The van der Waals surface area contributed by atoms with Crippen LogP contribution in [0, 0.1) is 0 Å². The molecule has 7 heteroatoms. The molecule has 4 rings (SSSR count). The van der Waals surface area contributed by atoms with Gasteiger partial charge in [-0.15, -0.1) is 0 Å². The van der Waals surface area contributed by atoms with Crippen LogP contribution in [0.25, 0.3) is 0 Å². The van der Waals surface area contributed by atoms with Crippen LogP contribution in [0.15, 0.2) is 103 Å². The van der Waals surface area contributed by atoms with Crippen molar-refractivity contribution in [3.8, 4) is 11.5 Å². The number of carbonyl (C=O) groups excluding carboxylic acids is 2. The van der Waals surface area contributed by atoms with Gasteiger partial charge in [0.25, 0.3) is 5.91 Å². The summed E-state index contributed by atoms with van der Waals surface area (Å²) in [7, 11) is 3.22. The van der Waals surface area contributed by atoms with Crippen molar-refractivity contribution in [1.82, 2.24) is 5.32 Å². The Bertz CT molecular complexity index is 1280. The van der Waals surface area contributed by atoms with E-state index in [9.17, 15) is 9.59 Å². The molecule has 0 bridgehead atoms. The first-order valence-electron chi connectivity index (χ1n) is 11.8. The Morgan fingerprint density at radius 3 is 1.81 bits per heavy atom. The number of carbonyl (C=O) groups is 2. The van der Waals surface area contributed by atoms with Crippen LogP contribution in [-0.4, -0.2) is 32.6 Å². The van der Waals surface area contributed by atoms with Gasteiger partial charge in [-0.1, -0.05) is 54.6 Å². The number of rotatable bonds is 10. The Labute approximate surface area is 216 Å². The summed E-state index contributed by atoms with van der Waals surface area (Å²) in [6, 6.07) is 31.1. The molecular weight excluding hydrogens is 466 g/mol. The second kappa shape index (κ2) is 12.3. The zero-order chi connectivity index (χ0) is 26.0. The van der Waals surface area contributed by atoms with Crippen LogP contribution < -0.4 is 25.4 Å². The van der Waals surface area contributed by atoms with E-state index in [0.29, 0.717) is 16.9 Å². The summed E-state index contributed by atoms with van der Waals surface area (Å²) >= 11 is 0. The third-order valence-electron chi connectivity index (χ3n) is 5.85. The molecular formula is C30H29N3O4. The van der Waals surface area contributed by atoms with Crippen LogP contribution in [0.2, 0.25) is 0 Å². The Hall–Kier alpha value is -4.78. The van der Waals surface area contributed by atoms with Gasteiger partial charge < -0.3 is 25.4 Å². The molecule has 4 aromatic carbocycles. The average molecular weight is 496 g/mol. The fourth-order valence-corrected chi connectivity index (χ4v) is 3.89. The van der Waals surface area contributed by atoms with Crippen molar-refractivity contribution in [1.29, 1.82) is 0 Å². The maximum absolute atomic E-state index is 13.1. The number of hydrogen-bond donors (Lipinski definition) is 3. The van der Waals surface area contributed by atoms with Gasteiger partial charge in [0.1, 0.15) is 11.5 Å². The largest absolute Gasteiger partial charge is 0.497 e. The molecule has 2 amide bonds. The molecule has 0 unspecified atom stereocenters. The Kier molecular flexibility index (Phi) is 8.39. The molecule has 37 heavy (non-hydrogen) atoms. The minimum Gasteiger partial charge on any atom is -0.497 e. The first kappa shape index (κ1) is 25.3. The van der Waals surface area contributed by atoms with E-state index in [4.69, 9.17) is 9.47 Å². The van der Waals surface area contributed by atoms with E-state index >= 15 is 0 Å². The molecule has 0 atom stereocenters. The van der Waals surface area contributed by atoms with Crippen molar-refractivity contribution >= 4 is 23.2 Å². The van der Waals surface area contributed by atoms with Crippen molar-refractivity contribution in [3.05, 3.63) is 120 Å². The average Bonchev–Trinajstić information content (AvgIpc) is 2.95. The van der Waals surface area contributed by atoms with Gasteiger partial charge in [0, 0.05) is 11.4 Å². The molecule has 0 heterocycles. The lowest BCUT2D eigenvalue weighted by Gasteiger charge is -2.21. The van der Waals surface area contributed by atoms with E-state index in [1.807, 2.05) is 84.9 Å². The van der Waals surface area contributed by atoms with E-state index in [0.717, 1.165) is 22.6 Å². The van der Waals surface area contributed by atoms with Crippen LogP contribution in [0.3, 0.4) is 0 Å². The van der Waals surface area contributed by atoms with Crippen molar-refractivity contribution < 1.29 is 19.1 Å². The predicted molar refractivity (Wildman–Crippen MR) is 145 cm³/mol. The lowest BCUT2D eigenvalue weighted by Crippen LogP contribution is -2.34. The zero-order valence-corrected chi connectivity index (χ0v) is 20.7. The van der Waals surface area contributed by atoms with Crippen LogP contribution in [0.1, 0.15) is 27.5 Å². The maximum atomic E-state index is 13.1. The number of para-hydroxylation sites is 2. The van der Waals surface area contributed by atoms with Gasteiger partial charge in [-0.3, -0.25) is 9.59 Å². The molecule has 0 spiro atoms. The number of anilines is 2. The molecule has 0 aliphatic heterocycles. The van der Waals surface area contributed by atoms with E-state index in [2.05, 4.69) is 16.0 Å². The second-order valence-electron chi connectivity index (χ2n) is 8.27. The Balaban J connectivity index is 1.48. The van der Waals surface area contributed by atoms with Crippen LogP contribution in [0.5, 0.6) is 11.5 Å². The number of amides is 2. The minimum absolute atomic E-state index is 0.0154. The molecule has 4 aromatic rings. The SMILES string of the molecule is COc1ccc(C(NC(=O)CNc2ccccc2C(=O)Nc2ccccc2)c2ccc(OC)cc2)cc1. The van der Waals surface area contributed by atoms with Crippen LogP contribution in [0.4, 0.5) is 11.4 Å². The fourth-order valence-electron chi connectivity index (χ4n) is 3.89. The topological polar surface area (TPSA) is 88.7 Å². The van der Waals surface area contributed by atoms with Crippen LogP contribution in [-0.2, 0) is 4.79 Å². The highest BCUT2D eigenvalue weighted by Crippen LogP contribution is 2.26. The summed E-state index contributed by atoms with van der Waals surface area (Å²) in [6.45, 7) is -0.0154. The molecule has 0 aliphatic rings. The quantitative estimate of drug-likeness (QED) is 0.279. The third kappa shape index (κ3) is 6.67. The van der Waals surface area contributed by atoms with Gasteiger partial charge in [-0.05, 0) is 59.7 Å². The third-order valence-corrected chi connectivity index (χ3v) is 5.85. The number of benzene rings is 4. The summed E-state index contributed by atoms with van der Waals surface area (Å²) in [5.74, 6) is 0.977. The highest BCUT2D eigenvalue weighted by atomic mass is 16.5. The van der Waals surface area contributed by atoms with Crippen molar-refractivity contribution in [2.45, 2.75) is 6.04 Å².